The number of nitrogens with one attached hydrogen (secondary N) is 2. The molecule has 5 nitrogen and oxygen atoms in total. The topological polar surface area (TPSA) is 67.4 Å². The summed E-state index contributed by atoms with van der Waals surface area (Å²) in [7, 11) is 1.81. The van der Waals surface area contributed by atoms with Crippen LogP contribution >= 0.6 is 0 Å². The van der Waals surface area contributed by atoms with E-state index >= 15 is 0 Å². The number of rotatable bonds is 4. The molecule has 0 unspecified atom stereocenters. The van der Waals surface area contributed by atoms with Gasteiger partial charge in [0.2, 0.25) is 0 Å². The maximum atomic E-state index is 11.3. The van der Waals surface area contributed by atoms with Gasteiger partial charge in [-0.1, -0.05) is 0 Å². The Labute approximate surface area is 93.8 Å². The van der Waals surface area contributed by atoms with E-state index < -0.39 is 5.97 Å². The van der Waals surface area contributed by atoms with Crippen molar-refractivity contribution in [3.8, 4) is 0 Å². The minimum absolute atomic E-state index is 0.261. The predicted molar refractivity (Wildman–Crippen MR) is 61.3 cm³/mol. The van der Waals surface area contributed by atoms with Gasteiger partial charge in [0, 0.05) is 25.3 Å². The zero-order chi connectivity index (χ0) is 12.0. The standard InChI is InChI=1S/C11H14N2O3/c1-8(14)16-7-11(15)13-10-5-3-9(12-2)4-6-10/h3-6,12H,7H2,1-2H3,(H,13,15). The summed E-state index contributed by atoms with van der Waals surface area (Å²) in [6.45, 7) is 0.998. The minimum Gasteiger partial charge on any atom is -0.456 e. The molecule has 2 N–H and O–H groups in total. The number of anilines is 2. The number of carbonyl (C=O) groups excluding carboxylic acids is 2. The van der Waals surface area contributed by atoms with Crippen molar-refractivity contribution >= 4 is 23.3 Å². The molecule has 0 aliphatic heterocycles. The van der Waals surface area contributed by atoms with E-state index in [0.29, 0.717) is 5.69 Å². The van der Waals surface area contributed by atoms with Crippen molar-refractivity contribution in [3.63, 3.8) is 0 Å². The highest BCUT2D eigenvalue weighted by Gasteiger charge is 2.03. The maximum absolute atomic E-state index is 11.3. The molecule has 1 rings (SSSR count). The third kappa shape index (κ3) is 4.00. The number of amides is 1. The van der Waals surface area contributed by atoms with Crippen molar-refractivity contribution in [2.24, 2.45) is 0 Å². The number of benzene rings is 1. The van der Waals surface area contributed by atoms with Gasteiger partial charge >= 0.3 is 5.97 Å². The van der Waals surface area contributed by atoms with E-state index in [9.17, 15) is 9.59 Å². The Bertz CT molecular complexity index is 373. The first-order chi connectivity index (χ1) is 7.61. The lowest BCUT2D eigenvalue weighted by atomic mass is 10.3. The Kier molecular flexibility index (Phi) is 4.32. The summed E-state index contributed by atoms with van der Waals surface area (Å²) < 4.78 is 4.56. The third-order valence-electron chi connectivity index (χ3n) is 1.86. The van der Waals surface area contributed by atoms with Gasteiger partial charge in [0.05, 0.1) is 0 Å². The number of hydrogen-bond donors (Lipinski definition) is 2. The van der Waals surface area contributed by atoms with Gasteiger partial charge in [-0.15, -0.1) is 0 Å². The fourth-order valence-electron chi connectivity index (χ4n) is 1.08. The van der Waals surface area contributed by atoms with Crippen molar-refractivity contribution in [2.75, 3.05) is 24.3 Å². The number of ether oxygens (including phenoxy) is 1. The molecule has 0 aliphatic rings. The van der Waals surface area contributed by atoms with Crippen LogP contribution in [0.25, 0.3) is 0 Å². The molecule has 1 amide bonds. The second-order valence-corrected chi connectivity index (χ2v) is 3.16. The number of carbonyl (C=O) groups is 2. The summed E-state index contributed by atoms with van der Waals surface area (Å²) in [4.78, 5) is 21.7. The van der Waals surface area contributed by atoms with E-state index in [4.69, 9.17) is 0 Å². The molecule has 0 spiro atoms. The lowest BCUT2D eigenvalue weighted by Crippen LogP contribution is -2.19. The quantitative estimate of drug-likeness (QED) is 0.752. The van der Waals surface area contributed by atoms with Crippen molar-refractivity contribution in [2.45, 2.75) is 6.92 Å². The van der Waals surface area contributed by atoms with Crippen molar-refractivity contribution in [1.29, 1.82) is 0 Å². The van der Waals surface area contributed by atoms with Gasteiger partial charge < -0.3 is 15.4 Å². The lowest BCUT2D eigenvalue weighted by molar-refractivity contribution is -0.144. The summed E-state index contributed by atoms with van der Waals surface area (Å²) in [5.41, 5.74) is 1.62. The number of hydrogen-bond acceptors (Lipinski definition) is 4. The molecule has 1 aromatic carbocycles. The lowest BCUT2D eigenvalue weighted by Gasteiger charge is -2.06. The molecule has 5 heteroatoms. The fourth-order valence-corrected chi connectivity index (χ4v) is 1.08. The molecule has 0 aliphatic carbocycles. The first kappa shape index (κ1) is 12.0. The third-order valence-corrected chi connectivity index (χ3v) is 1.86. The summed E-state index contributed by atoms with van der Waals surface area (Å²) in [6.07, 6.45) is 0. The van der Waals surface area contributed by atoms with Crippen LogP contribution in [-0.4, -0.2) is 25.5 Å². The van der Waals surface area contributed by atoms with Crippen LogP contribution in [-0.2, 0) is 14.3 Å². The molecule has 0 heterocycles. The monoisotopic (exact) mass is 222 g/mol. The molecular weight excluding hydrogens is 208 g/mol. The van der Waals surface area contributed by atoms with E-state index in [1.165, 1.54) is 6.92 Å². The van der Waals surface area contributed by atoms with E-state index in [2.05, 4.69) is 15.4 Å². The average Bonchev–Trinajstić information content (AvgIpc) is 2.27. The van der Waals surface area contributed by atoms with Gasteiger partial charge in [0.1, 0.15) is 0 Å². The van der Waals surface area contributed by atoms with Crippen molar-refractivity contribution < 1.29 is 14.3 Å². The fraction of sp³-hybridized carbons (Fsp3) is 0.273. The summed E-state index contributed by atoms with van der Waals surface area (Å²) in [5, 5.41) is 5.57. The Hall–Kier alpha value is -2.04. The van der Waals surface area contributed by atoms with Gasteiger partial charge in [-0.05, 0) is 24.3 Å². The molecule has 0 atom stereocenters. The van der Waals surface area contributed by atoms with Crippen LogP contribution in [0.3, 0.4) is 0 Å². The molecule has 0 saturated carbocycles. The van der Waals surface area contributed by atoms with Crippen LogP contribution in [0, 0.1) is 0 Å². The van der Waals surface area contributed by atoms with Crippen LogP contribution in [0.1, 0.15) is 6.92 Å². The molecule has 0 aromatic heterocycles. The van der Waals surface area contributed by atoms with E-state index in [1.807, 2.05) is 19.2 Å². The first-order valence-electron chi connectivity index (χ1n) is 4.83. The van der Waals surface area contributed by atoms with Gasteiger partial charge in [0.15, 0.2) is 6.61 Å². The largest absolute Gasteiger partial charge is 0.456 e. The molecule has 0 fully saturated rings. The normalized spacial score (nSPS) is 9.38. The average molecular weight is 222 g/mol. The molecular formula is C11H14N2O3. The molecule has 0 saturated heterocycles. The SMILES string of the molecule is CNc1ccc(NC(=O)COC(C)=O)cc1. The van der Waals surface area contributed by atoms with E-state index in [1.54, 1.807) is 12.1 Å². The van der Waals surface area contributed by atoms with Crippen molar-refractivity contribution in [3.05, 3.63) is 24.3 Å². The molecule has 1 aromatic rings. The van der Waals surface area contributed by atoms with Gasteiger partial charge in [0.25, 0.3) is 5.91 Å². The smallest absolute Gasteiger partial charge is 0.303 e. The molecule has 0 radical (unpaired) electrons. The highest BCUT2D eigenvalue weighted by molar-refractivity contribution is 5.92. The van der Waals surface area contributed by atoms with Crippen LogP contribution < -0.4 is 10.6 Å². The van der Waals surface area contributed by atoms with Crippen LogP contribution in [0.4, 0.5) is 11.4 Å². The van der Waals surface area contributed by atoms with Crippen molar-refractivity contribution in [1.82, 2.24) is 0 Å². The maximum Gasteiger partial charge on any atom is 0.303 e. The Morgan fingerprint density at radius 2 is 1.75 bits per heavy atom. The highest BCUT2D eigenvalue weighted by Crippen LogP contribution is 2.12. The van der Waals surface area contributed by atoms with E-state index in [-0.39, 0.29) is 12.5 Å². The number of esters is 1. The molecule has 86 valence electrons. The second kappa shape index (κ2) is 5.75. The molecule has 0 bridgehead atoms. The van der Waals surface area contributed by atoms with Gasteiger partial charge in [-0.3, -0.25) is 9.59 Å². The van der Waals surface area contributed by atoms with E-state index in [0.717, 1.165) is 5.69 Å². The van der Waals surface area contributed by atoms with Crippen LogP contribution in [0.15, 0.2) is 24.3 Å². The van der Waals surface area contributed by atoms with Gasteiger partial charge in [-0.2, -0.15) is 0 Å². The Morgan fingerprint density at radius 1 is 1.19 bits per heavy atom. The zero-order valence-corrected chi connectivity index (χ0v) is 9.24. The second-order valence-electron chi connectivity index (χ2n) is 3.16. The Morgan fingerprint density at radius 3 is 2.25 bits per heavy atom. The summed E-state index contributed by atoms with van der Waals surface area (Å²) >= 11 is 0. The zero-order valence-electron chi connectivity index (χ0n) is 9.24. The van der Waals surface area contributed by atoms with Gasteiger partial charge in [-0.25, -0.2) is 0 Å². The summed E-state index contributed by atoms with van der Waals surface area (Å²) in [5.74, 6) is -0.826. The van der Waals surface area contributed by atoms with Crippen LogP contribution in [0.2, 0.25) is 0 Å². The molecule has 16 heavy (non-hydrogen) atoms. The minimum atomic E-state index is -0.472. The Balaban J connectivity index is 2.46. The van der Waals surface area contributed by atoms with Crippen LogP contribution in [0.5, 0.6) is 0 Å². The highest BCUT2D eigenvalue weighted by atomic mass is 16.5. The predicted octanol–water partition coefficient (Wildman–Crippen LogP) is 1.23. The summed E-state index contributed by atoms with van der Waals surface area (Å²) in [6, 6.07) is 7.19. The first-order valence-corrected chi connectivity index (χ1v) is 4.83.